The maximum atomic E-state index is 12.4. The quantitative estimate of drug-likeness (QED) is 0.722. The van der Waals surface area contributed by atoms with Gasteiger partial charge in [-0.25, -0.2) is 4.98 Å². The minimum Gasteiger partial charge on any atom is -0.497 e. The fourth-order valence-electron chi connectivity index (χ4n) is 2.35. The predicted molar refractivity (Wildman–Crippen MR) is 103 cm³/mol. The molecule has 0 atom stereocenters. The fourth-order valence-corrected chi connectivity index (χ4v) is 3.93. The van der Waals surface area contributed by atoms with Crippen LogP contribution in [0.2, 0.25) is 0 Å². The van der Waals surface area contributed by atoms with Crippen molar-refractivity contribution in [2.45, 2.75) is 6.92 Å². The van der Waals surface area contributed by atoms with Crippen LogP contribution in [0.25, 0.3) is 11.3 Å². The van der Waals surface area contributed by atoms with Crippen molar-refractivity contribution in [1.29, 1.82) is 0 Å². The topological polar surface area (TPSA) is 82.5 Å². The lowest BCUT2D eigenvalue weighted by atomic mass is 10.1. The van der Waals surface area contributed by atoms with Gasteiger partial charge in [0.05, 0.1) is 19.9 Å². The Morgan fingerprint density at radius 1 is 1.27 bits per heavy atom. The minimum absolute atomic E-state index is 0.173. The van der Waals surface area contributed by atoms with Crippen LogP contribution in [0.15, 0.2) is 28.4 Å². The molecule has 0 saturated carbocycles. The van der Waals surface area contributed by atoms with Gasteiger partial charge in [0.15, 0.2) is 5.13 Å². The first-order valence-corrected chi connectivity index (χ1v) is 9.30. The van der Waals surface area contributed by atoms with E-state index in [9.17, 15) is 9.59 Å². The molecular weight excluding hydrogens is 374 g/mol. The van der Waals surface area contributed by atoms with Crippen LogP contribution in [-0.2, 0) is 7.05 Å². The Kier molecular flexibility index (Phi) is 5.10. The summed E-state index contributed by atoms with van der Waals surface area (Å²) in [5.74, 6) is 0.999. The summed E-state index contributed by atoms with van der Waals surface area (Å²) in [5, 5.41) is 5.02. The van der Waals surface area contributed by atoms with Gasteiger partial charge in [-0.1, -0.05) is 11.3 Å². The zero-order valence-electron chi connectivity index (χ0n) is 14.7. The first kappa shape index (κ1) is 18.2. The highest BCUT2D eigenvalue weighted by Gasteiger charge is 2.18. The van der Waals surface area contributed by atoms with E-state index in [2.05, 4.69) is 10.3 Å². The highest BCUT2D eigenvalue weighted by molar-refractivity contribution is 7.14. The number of carbonyl (C=O) groups excluding carboxylic acids is 1. The van der Waals surface area contributed by atoms with Gasteiger partial charge in [0.25, 0.3) is 5.91 Å². The Balaban J connectivity index is 1.88. The largest absolute Gasteiger partial charge is 0.497 e. The third kappa shape index (κ3) is 3.35. The number of thiazole rings is 2. The van der Waals surface area contributed by atoms with Crippen LogP contribution in [0, 0.1) is 6.92 Å². The average Bonchev–Trinajstić information content (AvgIpc) is 3.21. The zero-order chi connectivity index (χ0) is 18.8. The van der Waals surface area contributed by atoms with E-state index in [-0.39, 0.29) is 10.8 Å². The lowest BCUT2D eigenvalue weighted by molar-refractivity contribution is 0.102. The molecular formula is C17H17N3O4S2. The van der Waals surface area contributed by atoms with Crippen LogP contribution in [0.3, 0.4) is 0 Å². The van der Waals surface area contributed by atoms with Crippen LogP contribution in [0.1, 0.15) is 15.4 Å². The molecule has 1 amide bonds. The number of aromatic nitrogens is 2. The molecule has 0 radical (unpaired) electrons. The van der Waals surface area contributed by atoms with Crippen LogP contribution >= 0.6 is 22.7 Å². The molecule has 136 valence electrons. The Morgan fingerprint density at radius 2 is 2.04 bits per heavy atom. The summed E-state index contributed by atoms with van der Waals surface area (Å²) in [5.41, 5.74) is 2.06. The van der Waals surface area contributed by atoms with Crippen molar-refractivity contribution >= 4 is 33.7 Å². The van der Waals surface area contributed by atoms with E-state index in [0.717, 1.165) is 16.9 Å². The molecule has 7 nitrogen and oxygen atoms in total. The van der Waals surface area contributed by atoms with Crippen molar-refractivity contribution in [3.8, 4) is 22.8 Å². The Bertz CT molecular complexity index is 1020. The summed E-state index contributed by atoms with van der Waals surface area (Å²) >= 11 is 2.22. The van der Waals surface area contributed by atoms with Crippen LogP contribution < -0.4 is 19.7 Å². The number of hydrogen-bond donors (Lipinski definition) is 1. The van der Waals surface area contributed by atoms with E-state index in [0.29, 0.717) is 32.9 Å². The highest BCUT2D eigenvalue weighted by Crippen LogP contribution is 2.35. The molecule has 0 spiro atoms. The maximum absolute atomic E-state index is 12.4. The molecule has 0 aliphatic heterocycles. The standard InChI is InChI=1S/C17H17N3O4S2/c1-9-14(26-17(22)20(9)2)15(21)19-16-18-12(8-25-16)11-7-10(23-3)5-6-13(11)24-4/h5-8H,1-4H3,(H,18,19,21). The van der Waals surface area contributed by atoms with Gasteiger partial charge in [-0.15, -0.1) is 11.3 Å². The van der Waals surface area contributed by atoms with E-state index in [1.807, 2.05) is 11.4 Å². The summed E-state index contributed by atoms with van der Waals surface area (Å²) in [6.07, 6.45) is 0. The molecule has 0 bridgehead atoms. The molecule has 0 fully saturated rings. The summed E-state index contributed by atoms with van der Waals surface area (Å²) in [6.45, 7) is 1.74. The number of benzene rings is 1. The molecule has 2 heterocycles. The van der Waals surface area contributed by atoms with Gasteiger partial charge in [-0.3, -0.25) is 14.9 Å². The summed E-state index contributed by atoms with van der Waals surface area (Å²) in [4.78, 5) is 28.8. The lowest BCUT2D eigenvalue weighted by Gasteiger charge is -2.08. The molecule has 0 saturated heterocycles. The minimum atomic E-state index is -0.344. The second-order valence-corrected chi connectivity index (χ2v) is 7.22. The molecule has 9 heteroatoms. The molecule has 3 aromatic rings. The number of rotatable bonds is 5. The highest BCUT2D eigenvalue weighted by atomic mass is 32.1. The van der Waals surface area contributed by atoms with Crippen LogP contribution in [0.4, 0.5) is 5.13 Å². The second-order valence-electron chi connectivity index (χ2n) is 5.40. The van der Waals surface area contributed by atoms with Crippen molar-refractivity contribution in [3.05, 3.63) is 43.8 Å². The number of anilines is 1. The first-order valence-electron chi connectivity index (χ1n) is 7.60. The number of methoxy groups -OCH3 is 2. The molecule has 3 rings (SSSR count). The first-order chi connectivity index (χ1) is 12.4. The van der Waals surface area contributed by atoms with E-state index in [1.54, 1.807) is 40.3 Å². The number of hydrogen-bond acceptors (Lipinski definition) is 7. The zero-order valence-corrected chi connectivity index (χ0v) is 16.3. The van der Waals surface area contributed by atoms with E-state index in [4.69, 9.17) is 9.47 Å². The molecule has 0 unspecified atom stereocenters. The molecule has 26 heavy (non-hydrogen) atoms. The summed E-state index contributed by atoms with van der Waals surface area (Å²) in [6, 6.07) is 5.43. The van der Waals surface area contributed by atoms with Gasteiger partial charge < -0.3 is 14.0 Å². The Labute approximate surface area is 157 Å². The molecule has 0 aliphatic rings. The number of nitrogens with zero attached hydrogens (tertiary/aromatic N) is 2. The van der Waals surface area contributed by atoms with Gasteiger partial charge in [-0.05, 0) is 25.1 Å². The van der Waals surface area contributed by atoms with Crippen molar-refractivity contribution in [2.24, 2.45) is 7.05 Å². The maximum Gasteiger partial charge on any atom is 0.307 e. The third-order valence-electron chi connectivity index (χ3n) is 3.91. The second kappa shape index (κ2) is 7.30. The summed E-state index contributed by atoms with van der Waals surface area (Å²) in [7, 11) is 4.81. The van der Waals surface area contributed by atoms with Gasteiger partial charge >= 0.3 is 4.87 Å². The van der Waals surface area contributed by atoms with Gasteiger partial charge in [-0.2, -0.15) is 0 Å². The third-order valence-corrected chi connectivity index (χ3v) is 5.80. The fraction of sp³-hybridized carbons (Fsp3) is 0.235. The molecule has 0 aliphatic carbocycles. The van der Waals surface area contributed by atoms with E-state index in [1.165, 1.54) is 15.9 Å². The average molecular weight is 391 g/mol. The van der Waals surface area contributed by atoms with Gasteiger partial charge in [0.1, 0.15) is 16.4 Å². The normalized spacial score (nSPS) is 10.6. The number of nitrogens with one attached hydrogen (secondary N) is 1. The lowest BCUT2D eigenvalue weighted by Crippen LogP contribution is -2.12. The van der Waals surface area contributed by atoms with Crippen molar-refractivity contribution < 1.29 is 14.3 Å². The van der Waals surface area contributed by atoms with Gasteiger partial charge in [0.2, 0.25) is 0 Å². The van der Waals surface area contributed by atoms with Crippen LogP contribution in [0.5, 0.6) is 11.5 Å². The Morgan fingerprint density at radius 3 is 2.65 bits per heavy atom. The summed E-state index contributed by atoms with van der Waals surface area (Å²) < 4.78 is 12.1. The predicted octanol–water partition coefficient (Wildman–Crippen LogP) is 3.15. The number of ether oxygens (including phenoxy) is 2. The Hall–Kier alpha value is -2.65. The van der Waals surface area contributed by atoms with Crippen molar-refractivity contribution in [3.63, 3.8) is 0 Å². The molecule has 1 N–H and O–H groups in total. The smallest absolute Gasteiger partial charge is 0.307 e. The molecule has 2 aromatic heterocycles. The van der Waals surface area contributed by atoms with E-state index >= 15 is 0 Å². The SMILES string of the molecule is COc1ccc(OC)c(-c2csc(NC(=O)c3sc(=O)n(C)c3C)n2)c1. The van der Waals surface area contributed by atoms with Crippen molar-refractivity contribution in [2.75, 3.05) is 19.5 Å². The molecule has 1 aromatic carbocycles. The van der Waals surface area contributed by atoms with E-state index < -0.39 is 0 Å². The van der Waals surface area contributed by atoms with Gasteiger partial charge in [0, 0.05) is 23.7 Å². The monoisotopic (exact) mass is 391 g/mol. The number of carbonyl (C=O) groups is 1. The number of amides is 1. The van der Waals surface area contributed by atoms with Crippen molar-refractivity contribution in [1.82, 2.24) is 9.55 Å². The van der Waals surface area contributed by atoms with Crippen LogP contribution in [-0.4, -0.2) is 29.7 Å².